The summed E-state index contributed by atoms with van der Waals surface area (Å²) in [6.45, 7) is 7.39. The van der Waals surface area contributed by atoms with Gasteiger partial charge in [-0.05, 0) is 31.9 Å². The summed E-state index contributed by atoms with van der Waals surface area (Å²) in [6, 6.07) is 8.33. The molecule has 37 heavy (non-hydrogen) atoms. The molecule has 6 atom stereocenters. The highest BCUT2D eigenvalue weighted by Crippen LogP contribution is 2.66. The van der Waals surface area contributed by atoms with Gasteiger partial charge in [-0.1, -0.05) is 62.8 Å². The van der Waals surface area contributed by atoms with Gasteiger partial charge in [0.25, 0.3) is 0 Å². The van der Waals surface area contributed by atoms with Crippen molar-refractivity contribution in [3.05, 3.63) is 54.6 Å². The molecule has 7 nitrogen and oxygen atoms in total. The van der Waals surface area contributed by atoms with Crippen LogP contribution in [0.2, 0.25) is 0 Å². The molecule has 0 radical (unpaired) electrons. The third-order valence-electron chi connectivity index (χ3n) is 8.50. The Bertz CT molecular complexity index is 1120. The number of amides is 3. The average molecular weight is 524 g/mol. The zero-order valence-electron chi connectivity index (χ0n) is 21.9. The van der Waals surface area contributed by atoms with E-state index < -0.39 is 33.4 Å². The van der Waals surface area contributed by atoms with E-state index in [1.807, 2.05) is 67.3 Å². The Labute approximate surface area is 223 Å². The standard InChI is InChI=1S/C29H37N3O4S/c1-4-6-16-30-17-11-15-29-23(26(35)32(20(5-2)19-33)24(29)27(30)36)22-25(34)31(21-12-8-7-9-13-21)18-10-14-28(22,3)37-29/h7-15,20,22-24,33H,4-6,16-19H2,1-3H3/t20-,22+,23-,24?,28-,29-/m0/s1. The van der Waals surface area contributed by atoms with Crippen LogP contribution in [0.1, 0.15) is 40.0 Å². The van der Waals surface area contributed by atoms with E-state index in [0.29, 0.717) is 26.1 Å². The van der Waals surface area contributed by atoms with Crippen LogP contribution in [0.4, 0.5) is 5.69 Å². The Kier molecular flexibility index (Phi) is 7.00. The maximum absolute atomic E-state index is 14.4. The van der Waals surface area contributed by atoms with Gasteiger partial charge in [0.1, 0.15) is 6.04 Å². The Morgan fingerprint density at radius 2 is 1.73 bits per heavy atom. The number of aliphatic hydroxyl groups is 1. The first-order valence-electron chi connectivity index (χ1n) is 13.5. The second-order valence-electron chi connectivity index (χ2n) is 10.7. The number of carbonyl (C=O) groups is 3. The quantitative estimate of drug-likeness (QED) is 0.555. The van der Waals surface area contributed by atoms with Crippen molar-refractivity contribution in [3.63, 3.8) is 0 Å². The Hall–Kier alpha value is -2.58. The normalized spacial score (nSPS) is 33.8. The van der Waals surface area contributed by atoms with Crippen LogP contribution >= 0.6 is 11.8 Å². The lowest BCUT2D eigenvalue weighted by molar-refractivity contribution is -0.145. The van der Waals surface area contributed by atoms with E-state index in [9.17, 15) is 19.5 Å². The number of anilines is 1. The lowest BCUT2D eigenvalue weighted by Crippen LogP contribution is -2.56. The fraction of sp³-hybridized carbons (Fsp3) is 0.552. The predicted octanol–water partition coefficient (Wildman–Crippen LogP) is 3.25. The SMILES string of the molecule is CCCCN1CC=C[C@]23S[C@@]4(C)C=CCN(c5ccccc5)C(=O)[C@H]4[C@H]2C(=O)N([C@@H](CC)CO)C3C1=O. The van der Waals surface area contributed by atoms with Gasteiger partial charge in [-0.2, -0.15) is 0 Å². The zero-order chi connectivity index (χ0) is 26.4. The number of benzene rings is 1. The molecular formula is C29H37N3O4S. The molecular weight excluding hydrogens is 486 g/mol. The highest BCUT2D eigenvalue weighted by molar-refractivity contribution is 8.02. The van der Waals surface area contributed by atoms with Crippen LogP contribution in [-0.2, 0) is 14.4 Å². The molecule has 0 aromatic heterocycles. The van der Waals surface area contributed by atoms with Gasteiger partial charge in [0.2, 0.25) is 17.7 Å². The summed E-state index contributed by atoms with van der Waals surface area (Å²) >= 11 is 1.59. The first kappa shape index (κ1) is 26.0. The van der Waals surface area contributed by atoms with Crippen molar-refractivity contribution in [1.82, 2.24) is 9.80 Å². The maximum Gasteiger partial charge on any atom is 0.247 e. The Morgan fingerprint density at radius 1 is 1.00 bits per heavy atom. The molecule has 5 rings (SSSR count). The molecule has 0 aliphatic carbocycles. The molecule has 1 spiro atoms. The van der Waals surface area contributed by atoms with E-state index in [-0.39, 0.29) is 24.3 Å². The van der Waals surface area contributed by atoms with Crippen molar-refractivity contribution in [2.45, 2.75) is 61.6 Å². The molecule has 0 bridgehead atoms. The van der Waals surface area contributed by atoms with E-state index in [2.05, 4.69) is 13.0 Å². The lowest BCUT2D eigenvalue weighted by Gasteiger charge is -2.39. The number of aliphatic hydroxyl groups excluding tert-OH is 1. The van der Waals surface area contributed by atoms with E-state index >= 15 is 0 Å². The molecule has 4 heterocycles. The van der Waals surface area contributed by atoms with Crippen molar-refractivity contribution in [2.24, 2.45) is 11.8 Å². The molecule has 2 saturated heterocycles. The molecule has 1 aromatic rings. The van der Waals surface area contributed by atoms with Gasteiger partial charge in [0.15, 0.2) is 0 Å². The number of para-hydroxylation sites is 1. The van der Waals surface area contributed by atoms with Gasteiger partial charge in [-0.15, -0.1) is 11.8 Å². The van der Waals surface area contributed by atoms with Crippen molar-refractivity contribution in [3.8, 4) is 0 Å². The Morgan fingerprint density at radius 3 is 2.41 bits per heavy atom. The van der Waals surface area contributed by atoms with Gasteiger partial charge in [0.05, 0.1) is 29.2 Å². The first-order valence-corrected chi connectivity index (χ1v) is 14.3. The smallest absolute Gasteiger partial charge is 0.247 e. The number of unbranched alkanes of at least 4 members (excludes halogenated alkanes) is 1. The van der Waals surface area contributed by atoms with Crippen LogP contribution in [0.25, 0.3) is 0 Å². The van der Waals surface area contributed by atoms with Crippen LogP contribution < -0.4 is 4.90 Å². The topological polar surface area (TPSA) is 81.2 Å². The van der Waals surface area contributed by atoms with Gasteiger partial charge < -0.3 is 19.8 Å². The number of carbonyl (C=O) groups excluding carboxylic acids is 3. The minimum Gasteiger partial charge on any atom is -0.394 e. The first-order chi connectivity index (χ1) is 17.8. The third kappa shape index (κ3) is 3.95. The number of nitrogens with zero attached hydrogens (tertiary/aromatic N) is 3. The monoisotopic (exact) mass is 523 g/mol. The third-order valence-corrected chi connectivity index (χ3v) is 10.3. The molecule has 8 heteroatoms. The minimum absolute atomic E-state index is 0.0786. The highest BCUT2D eigenvalue weighted by atomic mass is 32.2. The summed E-state index contributed by atoms with van der Waals surface area (Å²) in [4.78, 5) is 48.1. The predicted molar refractivity (Wildman–Crippen MR) is 146 cm³/mol. The molecule has 0 saturated carbocycles. The van der Waals surface area contributed by atoms with Crippen LogP contribution in [0.3, 0.4) is 0 Å². The van der Waals surface area contributed by atoms with Crippen LogP contribution in [0, 0.1) is 11.8 Å². The van der Waals surface area contributed by atoms with Crippen molar-refractivity contribution in [1.29, 1.82) is 0 Å². The van der Waals surface area contributed by atoms with Gasteiger partial charge in [-0.25, -0.2) is 0 Å². The van der Waals surface area contributed by atoms with E-state index in [0.717, 1.165) is 18.5 Å². The summed E-state index contributed by atoms with van der Waals surface area (Å²) in [5.74, 6) is -1.69. The second-order valence-corrected chi connectivity index (χ2v) is 12.5. The number of fused-ring (bicyclic) bond motifs is 2. The second kappa shape index (κ2) is 9.95. The summed E-state index contributed by atoms with van der Waals surface area (Å²) in [6.07, 6.45) is 10.5. The zero-order valence-corrected chi connectivity index (χ0v) is 22.7. The molecule has 2 fully saturated rings. The molecule has 1 aromatic carbocycles. The molecule has 1 N–H and O–H groups in total. The van der Waals surface area contributed by atoms with E-state index in [1.54, 1.807) is 21.6 Å². The molecule has 4 aliphatic heterocycles. The molecule has 3 amide bonds. The number of hydrogen-bond acceptors (Lipinski definition) is 5. The van der Waals surface area contributed by atoms with Crippen molar-refractivity contribution >= 4 is 35.2 Å². The van der Waals surface area contributed by atoms with E-state index in [4.69, 9.17) is 0 Å². The fourth-order valence-electron chi connectivity index (χ4n) is 6.70. The summed E-state index contributed by atoms with van der Waals surface area (Å²) in [7, 11) is 0. The van der Waals surface area contributed by atoms with E-state index in [1.165, 1.54) is 0 Å². The maximum atomic E-state index is 14.4. The largest absolute Gasteiger partial charge is 0.394 e. The average Bonchev–Trinajstić information content (AvgIpc) is 3.17. The summed E-state index contributed by atoms with van der Waals surface area (Å²) in [5.41, 5.74) is 0.797. The summed E-state index contributed by atoms with van der Waals surface area (Å²) in [5, 5.41) is 10.3. The van der Waals surface area contributed by atoms with Crippen molar-refractivity contribution in [2.75, 3.05) is 31.1 Å². The number of hydrogen-bond donors (Lipinski definition) is 1. The van der Waals surface area contributed by atoms with Gasteiger partial charge in [0, 0.05) is 30.1 Å². The van der Waals surface area contributed by atoms with Crippen LogP contribution in [-0.4, -0.2) is 80.4 Å². The number of rotatable bonds is 7. The van der Waals surface area contributed by atoms with Gasteiger partial charge >= 0.3 is 0 Å². The molecule has 198 valence electrons. The Balaban J connectivity index is 1.64. The fourth-order valence-corrected chi connectivity index (χ4v) is 8.85. The number of likely N-dealkylation sites (tertiary alicyclic amines) is 1. The number of thioether (sulfide) groups is 1. The summed E-state index contributed by atoms with van der Waals surface area (Å²) < 4.78 is -1.52. The highest BCUT2D eigenvalue weighted by Gasteiger charge is 2.74. The van der Waals surface area contributed by atoms with Crippen LogP contribution in [0.5, 0.6) is 0 Å². The van der Waals surface area contributed by atoms with Gasteiger partial charge in [-0.3, -0.25) is 14.4 Å². The molecule has 4 aliphatic rings. The van der Waals surface area contributed by atoms with Crippen LogP contribution in [0.15, 0.2) is 54.6 Å². The minimum atomic E-state index is -0.878. The lowest BCUT2D eigenvalue weighted by atomic mass is 9.74. The van der Waals surface area contributed by atoms with Crippen molar-refractivity contribution < 1.29 is 19.5 Å². The molecule has 1 unspecified atom stereocenters.